The number of halogens is 2. The van der Waals surface area contributed by atoms with Gasteiger partial charge in [-0.15, -0.1) is 49.5 Å². The highest BCUT2D eigenvalue weighted by atomic mass is 35.5. The molecule has 0 bridgehead atoms. The van der Waals surface area contributed by atoms with Gasteiger partial charge in [-0.2, -0.15) is 0 Å². The SMILES string of the molecule is C=CCN(CC=C)C(=O)CCl.C=CCN(CC=C)C(=O)CCl. The van der Waals surface area contributed by atoms with E-state index in [1.807, 2.05) is 0 Å². The van der Waals surface area contributed by atoms with Crippen LogP contribution in [-0.4, -0.2) is 59.6 Å². The molecule has 0 radical (unpaired) electrons. The number of nitrogens with zero attached hydrogens (tertiary/aromatic N) is 2. The molecule has 0 spiro atoms. The summed E-state index contributed by atoms with van der Waals surface area (Å²) in [5.41, 5.74) is 0. The van der Waals surface area contributed by atoms with Crippen LogP contribution in [0.1, 0.15) is 0 Å². The zero-order valence-electron chi connectivity index (χ0n) is 12.8. The van der Waals surface area contributed by atoms with E-state index in [-0.39, 0.29) is 23.6 Å². The fraction of sp³-hybridized carbons (Fsp3) is 0.375. The van der Waals surface area contributed by atoms with Crippen LogP contribution >= 0.6 is 23.2 Å². The maximum absolute atomic E-state index is 11.0. The smallest absolute Gasteiger partial charge is 0.238 e. The molecular weight excluding hydrogens is 323 g/mol. The van der Waals surface area contributed by atoms with Gasteiger partial charge in [0, 0.05) is 26.2 Å². The predicted octanol–water partition coefficient (Wildman–Crippen LogP) is 2.85. The first-order chi connectivity index (χ1) is 10.5. The number of hydrogen-bond donors (Lipinski definition) is 0. The van der Waals surface area contributed by atoms with Crippen LogP contribution in [0, 0.1) is 0 Å². The Balaban J connectivity index is 0. The van der Waals surface area contributed by atoms with E-state index < -0.39 is 0 Å². The van der Waals surface area contributed by atoms with Crippen molar-refractivity contribution in [1.29, 1.82) is 0 Å². The van der Waals surface area contributed by atoms with Crippen LogP contribution in [0.4, 0.5) is 0 Å². The molecule has 2 amide bonds. The van der Waals surface area contributed by atoms with E-state index in [0.717, 1.165) is 0 Å². The summed E-state index contributed by atoms with van der Waals surface area (Å²) in [6.07, 6.45) is 6.64. The summed E-state index contributed by atoms with van der Waals surface area (Å²) in [6.45, 7) is 16.2. The van der Waals surface area contributed by atoms with Gasteiger partial charge in [-0.05, 0) is 0 Å². The lowest BCUT2D eigenvalue weighted by atomic mass is 10.4. The highest BCUT2D eigenvalue weighted by Crippen LogP contribution is 1.93. The van der Waals surface area contributed by atoms with Gasteiger partial charge in [-0.1, -0.05) is 24.3 Å². The molecule has 0 aromatic heterocycles. The number of alkyl halides is 2. The maximum Gasteiger partial charge on any atom is 0.238 e. The fourth-order valence-electron chi connectivity index (χ4n) is 1.35. The van der Waals surface area contributed by atoms with Crippen LogP contribution in [0.25, 0.3) is 0 Å². The minimum Gasteiger partial charge on any atom is -0.334 e. The lowest BCUT2D eigenvalue weighted by Gasteiger charge is -2.17. The van der Waals surface area contributed by atoms with E-state index in [4.69, 9.17) is 23.2 Å². The van der Waals surface area contributed by atoms with Crippen molar-refractivity contribution in [2.24, 2.45) is 0 Å². The molecule has 0 N–H and O–H groups in total. The Morgan fingerprint density at radius 1 is 0.682 bits per heavy atom. The number of hydrogen-bond acceptors (Lipinski definition) is 2. The Morgan fingerprint density at radius 3 is 1.05 bits per heavy atom. The lowest BCUT2D eigenvalue weighted by Crippen LogP contribution is -2.32. The van der Waals surface area contributed by atoms with Gasteiger partial charge < -0.3 is 9.80 Å². The quantitative estimate of drug-likeness (QED) is 0.450. The van der Waals surface area contributed by atoms with E-state index >= 15 is 0 Å². The Labute approximate surface area is 143 Å². The largest absolute Gasteiger partial charge is 0.334 e. The summed E-state index contributed by atoms with van der Waals surface area (Å²) in [7, 11) is 0. The maximum atomic E-state index is 11.0. The lowest BCUT2D eigenvalue weighted by molar-refractivity contribution is -0.128. The van der Waals surface area contributed by atoms with Gasteiger partial charge in [-0.3, -0.25) is 9.59 Å². The number of amides is 2. The summed E-state index contributed by atoms with van der Waals surface area (Å²) in [5, 5.41) is 0. The van der Waals surface area contributed by atoms with E-state index in [2.05, 4.69) is 26.3 Å². The summed E-state index contributed by atoms with van der Waals surface area (Å²) < 4.78 is 0. The first kappa shape index (κ1) is 22.8. The average molecular weight is 347 g/mol. The van der Waals surface area contributed by atoms with Gasteiger partial charge in [0.15, 0.2) is 0 Å². The van der Waals surface area contributed by atoms with Crippen LogP contribution < -0.4 is 0 Å². The van der Waals surface area contributed by atoms with E-state index in [0.29, 0.717) is 26.2 Å². The molecule has 4 nitrogen and oxygen atoms in total. The van der Waals surface area contributed by atoms with Crippen molar-refractivity contribution in [3.8, 4) is 0 Å². The fourth-order valence-corrected chi connectivity index (χ4v) is 1.69. The van der Waals surface area contributed by atoms with Gasteiger partial charge in [0.05, 0.1) is 0 Å². The number of rotatable bonds is 10. The minimum atomic E-state index is -0.0912. The Kier molecular flexibility index (Phi) is 16.4. The summed E-state index contributed by atoms with van der Waals surface area (Å²) in [6, 6.07) is 0. The highest BCUT2D eigenvalue weighted by Gasteiger charge is 2.07. The van der Waals surface area contributed by atoms with Crippen molar-refractivity contribution in [1.82, 2.24) is 9.80 Å². The standard InChI is InChI=1S/2C8H12ClNO/c2*1-3-5-10(6-4-2)8(11)7-9/h2*3-4H,1-2,5-7H2. The van der Waals surface area contributed by atoms with Crippen LogP contribution in [0.3, 0.4) is 0 Å². The van der Waals surface area contributed by atoms with Gasteiger partial charge in [0.1, 0.15) is 11.8 Å². The van der Waals surface area contributed by atoms with Crippen molar-refractivity contribution < 1.29 is 9.59 Å². The van der Waals surface area contributed by atoms with Gasteiger partial charge in [0.25, 0.3) is 0 Å². The zero-order valence-corrected chi connectivity index (χ0v) is 14.4. The number of carbonyl (C=O) groups excluding carboxylic acids is 2. The predicted molar refractivity (Wildman–Crippen MR) is 95.4 cm³/mol. The molecule has 0 aliphatic rings. The molecule has 0 aliphatic carbocycles. The van der Waals surface area contributed by atoms with Gasteiger partial charge in [0.2, 0.25) is 11.8 Å². The molecule has 0 rings (SSSR count). The second kappa shape index (κ2) is 15.9. The summed E-state index contributed by atoms with van der Waals surface area (Å²) in [4.78, 5) is 25.1. The minimum absolute atomic E-state index is 0.0156. The average Bonchev–Trinajstić information content (AvgIpc) is 2.53. The molecule has 6 heteroatoms. The zero-order chi connectivity index (χ0) is 17.4. The van der Waals surface area contributed by atoms with Crippen molar-refractivity contribution in [2.45, 2.75) is 0 Å². The first-order valence-electron chi connectivity index (χ1n) is 6.63. The molecule has 0 unspecified atom stereocenters. The second-order valence-electron chi connectivity index (χ2n) is 4.02. The topological polar surface area (TPSA) is 40.6 Å². The molecular formula is C16H24Cl2N2O2. The molecule has 0 heterocycles. The monoisotopic (exact) mass is 346 g/mol. The van der Waals surface area contributed by atoms with Crippen LogP contribution in [0.2, 0.25) is 0 Å². The van der Waals surface area contributed by atoms with E-state index in [1.165, 1.54) is 0 Å². The third kappa shape index (κ3) is 11.2. The van der Waals surface area contributed by atoms with E-state index in [9.17, 15) is 9.59 Å². The Morgan fingerprint density at radius 2 is 0.909 bits per heavy atom. The summed E-state index contributed by atoms with van der Waals surface area (Å²) >= 11 is 10.7. The van der Waals surface area contributed by atoms with E-state index in [1.54, 1.807) is 34.1 Å². The van der Waals surface area contributed by atoms with Crippen LogP contribution in [0.15, 0.2) is 50.6 Å². The van der Waals surface area contributed by atoms with Crippen LogP contribution in [0.5, 0.6) is 0 Å². The van der Waals surface area contributed by atoms with Gasteiger partial charge in [-0.25, -0.2) is 0 Å². The van der Waals surface area contributed by atoms with Crippen molar-refractivity contribution in [3.05, 3.63) is 50.6 Å². The normalized spacial score (nSPS) is 8.82. The third-order valence-electron chi connectivity index (χ3n) is 2.33. The third-order valence-corrected chi connectivity index (χ3v) is 2.79. The molecule has 0 atom stereocenters. The molecule has 0 aromatic carbocycles. The van der Waals surface area contributed by atoms with Gasteiger partial charge >= 0.3 is 0 Å². The molecule has 0 aliphatic heterocycles. The molecule has 22 heavy (non-hydrogen) atoms. The molecule has 0 aromatic rings. The van der Waals surface area contributed by atoms with Crippen LogP contribution in [-0.2, 0) is 9.59 Å². The molecule has 0 fully saturated rings. The van der Waals surface area contributed by atoms with Crippen molar-refractivity contribution >= 4 is 35.0 Å². The van der Waals surface area contributed by atoms with Crippen molar-refractivity contribution in [3.63, 3.8) is 0 Å². The molecule has 124 valence electrons. The Bertz CT molecular complexity index is 328. The van der Waals surface area contributed by atoms with Crippen molar-refractivity contribution in [2.75, 3.05) is 37.9 Å². The first-order valence-corrected chi connectivity index (χ1v) is 7.70. The summed E-state index contributed by atoms with van der Waals surface area (Å²) in [5.74, 6) is -0.151. The molecule has 0 saturated heterocycles. The Hall–Kier alpha value is -1.52. The number of carbonyl (C=O) groups is 2. The molecule has 0 saturated carbocycles. The second-order valence-corrected chi connectivity index (χ2v) is 4.55. The highest BCUT2D eigenvalue weighted by molar-refractivity contribution is 6.27.